The summed E-state index contributed by atoms with van der Waals surface area (Å²) in [6.45, 7) is 3.40. The summed E-state index contributed by atoms with van der Waals surface area (Å²) in [5, 5.41) is 3.37. The summed E-state index contributed by atoms with van der Waals surface area (Å²) in [5.41, 5.74) is 2.09. The van der Waals surface area contributed by atoms with E-state index in [0.717, 1.165) is 38.0 Å². The molecular formula is C23H23Cl2N5O3S. The molecule has 0 saturated carbocycles. The fourth-order valence-electron chi connectivity index (χ4n) is 3.67. The average molecular weight is 520 g/mol. The Labute approximate surface area is 208 Å². The second-order valence-electron chi connectivity index (χ2n) is 7.95. The van der Waals surface area contributed by atoms with E-state index in [1.165, 1.54) is 36.7 Å². The smallest absolute Gasteiger partial charge is 0.275 e. The molecule has 0 bridgehead atoms. The zero-order valence-electron chi connectivity index (χ0n) is 18.4. The fourth-order valence-corrected chi connectivity index (χ4v) is 5.16. The van der Waals surface area contributed by atoms with Crippen LogP contribution in [0, 0.1) is 6.92 Å². The maximum atomic E-state index is 13.1. The number of nitrogens with one attached hydrogen (secondary N) is 2. The summed E-state index contributed by atoms with van der Waals surface area (Å²) in [7, 11) is -4.02. The van der Waals surface area contributed by atoms with Gasteiger partial charge in [-0.3, -0.25) is 14.5 Å². The maximum Gasteiger partial charge on any atom is 0.275 e. The third kappa shape index (κ3) is 5.60. The van der Waals surface area contributed by atoms with E-state index in [9.17, 15) is 13.2 Å². The number of carbonyl (C=O) groups excluding carboxylic acids is 1. The van der Waals surface area contributed by atoms with Gasteiger partial charge in [-0.25, -0.2) is 13.4 Å². The summed E-state index contributed by atoms with van der Waals surface area (Å²) in [5.74, 6) is -0.480. The van der Waals surface area contributed by atoms with Gasteiger partial charge in [-0.05, 0) is 62.6 Å². The Kier molecular flexibility index (Phi) is 7.25. The van der Waals surface area contributed by atoms with Gasteiger partial charge in [0.05, 0.1) is 38.9 Å². The van der Waals surface area contributed by atoms with Crippen molar-refractivity contribution in [3.63, 3.8) is 0 Å². The zero-order chi connectivity index (χ0) is 24.3. The minimum absolute atomic E-state index is 0.0328. The quantitative estimate of drug-likeness (QED) is 0.467. The molecule has 2 N–H and O–H groups in total. The van der Waals surface area contributed by atoms with Gasteiger partial charge in [0.25, 0.3) is 15.9 Å². The van der Waals surface area contributed by atoms with Crippen LogP contribution in [0.1, 0.15) is 35.4 Å². The number of sulfonamides is 1. The third-order valence-corrected chi connectivity index (χ3v) is 7.34. The molecule has 3 aromatic rings. The number of rotatable bonds is 6. The van der Waals surface area contributed by atoms with Gasteiger partial charge in [0.2, 0.25) is 0 Å². The Balaban J connectivity index is 1.69. The van der Waals surface area contributed by atoms with E-state index in [-0.39, 0.29) is 21.3 Å². The Morgan fingerprint density at radius 2 is 1.74 bits per heavy atom. The highest BCUT2D eigenvalue weighted by molar-refractivity contribution is 7.92. The van der Waals surface area contributed by atoms with Crippen LogP contribution >= 0.6 is 23.2 Å². The molecule has 1 amide bonds. The molecule has 4 rings (SSSR count). The number of piperidine rings is 1. The van der Waals surface area contributed by atoms with Crippen molar-refractivity contribution in [2.24, 2.45) is 0 Å². The van der Waals surface area contributed by atoms with E-state index in [1.807, 2.05) is 0 Å². The minimum Gasteiger partial charge on any atom is -0.370 e. The first-order valence-electron chi connectivity index (χ1n) is 10.7. The van der Waals surface area contributed by atoms with Crippen molar-refractivity contribution in [3.8, 4) is 0 Å². The van der Waals surface area contributed by atoms with Crippen LogP contribution < -0.4 is 14.9 Å². The SMILES string of the molecule is Cc1cnc(C(=O)Nc2cc(S(=O)(=O)Nc3cc(Cl)ccc3Cl)ccc2N2CCCCC2)cn1. The molecule has 1 aliphatic rings. The van der Waals surface area contributed by atoms with Gasteiger partial charge in [0.15, 0.2) is 0 Å². The highest BCUT2D eigenvalue weighted by Crippen LogP contribution is 2.33. The van der Waals surface area contributed by atoms with Crippen molar-refractivity contribution in [3.05, 3.63) is 70.2 Å². The van der Waals surface area contributed by atoms with Crippen molar-refractivity contribution >= 4 is 56.2 Å². The van der Waals surface area contributed by atoms with Crippen LogP contribution in [0.4, 0.5) is 17.1 Å². The fraction of sp³-hybridized carbons (Fsp3) is 0.261. The van der Waals surface area contributed by atoms with E-state index >= 15 is 0 Å². The summed E-state index contributed by atoms with van der Waals surface area (Å²) < 4.78 is 28.7. The van der Waals surface area contributed by atoms with E-state index in [2.05, 4.69) is 24.9 Å². The number of nitrogens with zero attached hydrogens (tertiary/aromatic N) is 3. The summed E-state index contributed by atoms with van der Waals surface area (Å²) in [6, 6.07) is 9.15. The Hall–Kier alpha value is -2.88. The normalized spacial score (nSPS) is 14.0. The van der Waals surface area contributed by atoms with Crippen LogP contribution in [0.5, 0.6) is 0 Å². The number of hydrogen-bond acceptors (Lipinski definition) is 6. The van der Waals surface area contributed by atoms with Gasteiger partial charge < -0.3 is 10.2 Å². The standard InChI is InChI=1S/C23H23Cl2N5O3S/c1-15-13-27-21(14-26-15)23(31)28-20-12-17(6-8-22(20)30-9-3-2-4-10-30)34(32,33)29-19-11-16(24)5-7-18(19)25/h5-8,11-14,29H,2-4,9-10H2,1H3,(H,28,31). The van der Waals surface area contributed by atoms with Gasteiger partial charge in [-0.15, -0.1) is 0 Å². The molecule has 0 unspecified atom stereocenters. The molecule has 1 fully saturated rings. The molecule has 1 saturated heterocycles. The lowest BCUT2D eigenvalue weighted by molar-refractivity contribution is 0.102. The molecule has 0 spiro atoms. The highest BCUT2D eigenvalue weighted by Gasteiger charge is 2.22. The van der Waals surface area contributed by atoms with Crippen LogP contribution in [0.2, 0.25) is 10.0 Å². The van der Waals surface area contributed by atoms with Gasteiger partial charge in [0, 0.05) is 24.3 Å². The summed E-state index contributed by atoms with van der Waals surface area (Å²) in [4.78, 5) is 23.2. The largest absolute Gasteiger partial charge is 0.370 e. The molecule has 8 nitrogen and oxygen atoms in total. The summed E-state index contributed by atoms with van der Waals surface area (Å²) in [6.07, 6.45) is 6.06. The number of anilines is 3. The number of amides is 1. The van der Waals surface area contributed by atoms with Crippen LogP contribution in [0.25, 0.3) is 0 Å². The Morgan fingerprint density at radius 1 is 0.971 bits per heavy atom. The predicted octanol–water partition coefficient (Wildman–Crippen LogP) is 5.14. The minimum atomic E-state index is -4.02. The van der Waals surface area contributed by atoms with Crippen LogP contribution in [0.3, 0.4) is 0 Å². The number of carbonyl (C=O) groups is 1. The lowest BCUT2D eigenvalue weighted by Gasteiger charge is -2.30. The molecule has 0 radical (unpaired) electrons. The van der Waals surface area contributed by atoms with Crippen LogP contribution in [0.15, 0.2) is 53.7 Å². The maximum absolute atomic E-state index is 13.1. The van der Waals surface area contributed by atoms with Crippen molar-refractivity contribution in [1.82, 2.24) is 9.97 Å². The van der Waals surface area contributed by atoms with Crippen LogP contribution in [-0.2, 0) is 10.0 Å². The van der Waals surface area contributed by atoms with Crippen molar-refractivity contribution in [2.75, 3.05) is 28.0 Å². The lowest BCUT2D eigenvalue weighted by atomic mass is 10.1. The van der Waals surface area contributed by atoms with Gasteiger partial charge >= 0.3 is 0 Å². The van der Waals surface area contributed by atoms with Crippen LogP contribution in [-0.4, -0.2) is 37.4 Å². The monoisotopic (exact) mass is 519 g/mol. The Bertz CT molecular complexity index is 1310. The second kappa shape index (κ2) is 10.2. The molecule has 0 atom stereocenters. The van der Waals surface area contributed by atoms with E-state index in [0.29, 0.717) is 16.4 Å². The van der Waals surface area contributed by atoms with Crippen molar-refractivity contribution in [2.45, 2.75) is 31.1 Å². The topological polar surface area (TPSA) is 104 Å². The van der Waals surface area contributed by atoms with E-state index in [4.69, 9.17) is 23.2 Å². The number of hydrogen-bond donors (Lipinski definition) is 2. The molecule has 2 aromatic carbocycles. The molecule has 34 heavy (non-hydrogen) atoms. The molecule has 1 aliphatic heterocycles. The highest BCUT2D eigenvalue weighted by atomic mass is 35.5. The van der Waals surface area contributed by atoms with E-state index in [1.54, 1.807) is 19.1 Å². The van der Waals surface area contributed by atoms with Gasteiger partial charge in [0.1, 0.15) is 5.69 Å². The number of aromatic nitrogens is 2. The van der Waals surface area contributed by atoms with Crippen molar-refractivity contribution < 1.29 is 13.2 Å². The third-order valence-electron chi connectivity index (χ3n) is 5.41. The second-order valence-corrected chi connectivity index (χ2v) is 10.5. The molecule has 0 aliphatic carbocycles. The summed E-state index contributed by atoms with van der Waals surface area (Å²) >= 11 is 12.1. The van der Waals surface area contributed by atoms with Gasteiger partial charge in [-0.2, -0.15) is 0 Å². The first-order chi connectivity index (χ1) is 16.2. The molecular weight excluding hydrogens is 497 g/mol. The zero-order valence-corrected chi connectivity index (χ0v) is 20.7. The average Bonchev–Trinajstić information content (AvgIpc) is 2.82. The number of aryl methyl sites for hydroxylation is 1. The number of benzene rings is 2. The first kappa shape index (κ1) is 24.3. The predicted molar refractivity (Wildman–Crippen MR) is 134 cm³/mol. The molecule has 1 aromatic heterocycles. The molecule has 2 heterocycles. The Morgan fingerprint density at radius 3 is 2.44 bits per heavy atom. The number of halogens is 2. The van der Waals surface area contributed by atoms with E-state index < -0.39 is 15.9 Å². The molecule has 11 heteroatoms. The molecule has 178 valence electrons. The first-order valence-corrected chi connectivity index (χ1v) is 12.9. The van der Waals surface area contributed by atoms with Crippen molar-refractivity contribution in [1.29, 1.82) is 0 Å². The lowest BCUT2D eigenvalue weighted by Crippen LogP contribution is -2.30. The van der Waals surface area contributed by atoms with Gasteiger partial charge in [-0.1, -0.05) is 23.2 Å².